The highest BCUT2D eigenvalue weighted by Gasteiger charge is 2.49. The molecular weight excluding hydrogens is 178 g/mol. The van der Waals surface area contributed by atoms with Crippen LogP contribution in [-0.2, 0) is 0 Å². The molecule has 0 unspecified atom stereocenters. The van der Waals surface area contributed by atoms with Crippen LogP contribution in [0.4, 0.5) is 0 Å². The number of hydrogen-bond acceptors (Lipinski definition) is 4. The van der Waals surface area contributed by atoms with Crippen molar-refractivity contribution in [3.8, 4) is 6.19 Å². The molecule has 0 aromatic carbocycles. The first-order chi connectivity index (χ1) is 6.11. The van der Waals surface area contributed by atoms with Gasteiger partial charge in [0.25, 0.3) is 0 Å². The molecule has 14 heavy (non-hydrogen) atoms. The van der Waals surface area contributed by atoms with Gasteiger partial charge in [-0.3, -0.25) is 4.90 Å². The Balaban J connectivity index is 3.07. The summed E-state index contributed by atoms with van der Waals surface area (Å²) < 4.78 is 0. The Morgan fingerprint density at radius 3 is 1.86 bits per heavy atom. The SMILES string of the molecule is CC1(C)CC(N)(O)CC(C)(C)N1C#N. The zero-order valence-electron chi connectivity index (χ0n) is 9.33. The lowest BCUT2D eigenvalue weighted by Gasteiger charge is -2.54. The Morgan fingerprint density at radius 2 is 1.57 bits per heavy atom. The van der Waals surface area contributed by atoms with Gasteiger partial charge < -0.3 is 10.8 Å². The molecule has 3 N–H and O–H groups in total. The fourth-order valence-electron chi connectivity index (χ4n) is 2.81. The van der Waals surface area contributed by atoms with Gasteiger partial charge in [-0.2, -0.15) is 5.26 Å². The molecule has 4 nitrogen and oxygen atoms in total. The minimum absolute atomic E-state index is 0.389. The molecule has 4 heteroatoms. The van der Waals surface area contributed by atoms with Crippen LogP contribution < -0.4 is 5.73 Å². The lowest BCUT2D eigenvalue weighted by atomic mass is 9.76. The lowest BCUT2D eigenvalue weighted by molar-refractivity contribution is -0.107. The number of likely N-dealkylation sites (tertiary alicyclic amines) is 1. The number of nitrogens with two attached hydrogens (primary N) is 1. The molecule has 1 heterocycles. The topological polar surface area (TPSA) is 73.3 Å². The van der Waals surface area contributed by atoms with Crippen LogP contribution >= 0.6 is 0 Å². The van der Waals surface area contributed by atoms with E-state index in [4.69, 9.17) is 11.0 Å². The number of rotatable bonds is 0. The van der Waals surface area contributed by atoms with Crippen molar-refractivity contribution in [3.05, 3.63) is 0 Å². The van der Waals surface area contributed by atoms with Crippen molar-refractivity contribution >= 4 is 0 Å². The number of piperidine rings is 1. The average Bonchev–Trinajstić information content (AvgIpc) is 1.76. The first kappa shape index (κ1) is 11.3. The Bertz CT molecular complexity index is 256. The molecule has 0 amide bonds. The number of aliphatic hydroxyl groups is 1. The summed E-state index contributed by atoms with van der Waals surface area (Å²) in [7, 11) is 0. The number of hydrogen-bond donors (Lipinski definition) is 2. The third-order valence-corrected chi connectivity index (χ3v) is 2.79. The van der Waals surface area contributed by atoms with Crippen molar-refractivity contribution in [2.75, 3.05) is 0 Å². The second-order valence-electron chi connectivity index (χ2n) is 5.52. The molecule has 0 atom stereocenters. The predicted octanol–water partition coefficient (Wildman–Crippen LogP) is 0.768. The minimum Gasteiger partial charge on any atom is -0.376 e. The molecule has 0 radical (unpaired) electrons. The summed E-state index contributed by atoms with van der Waals surface area (Å²) in [6, 6.07) is 0. The molecule has 80 valence electrons. The monoisotopic (exact) mass is 197 g/mol. The smallest absolute Gasteiger partial charge is 0.180 e. The molecule has 1 fully saturated rings. The van der Waals surface area contributed by atoms with Crippen LogP contribution in [0.25, 0.3) is 0 Å². The van der Waals surface area contributed by atoms with E-state index < -0.39 is 5.72 Å². The largest absolute Gasteiger partial charge is 0.376 e. The van der Waals surface area contributed by atoms with E-state index in [9.17, 15) is 5.11 Å². The third-order valence-electron chi connectivity index (χ3n) is 2.79. The van der Waals surface area contributed by atoms with Crippen molar-refractivity contribution < 1.29 is 5.11 Å². The molecule has 0 saturated carbocycles. The minimum atomic E-state index is -1.17. The fraction of sp³-hybridized carbons (Fsp3) is 0.900. The normalized spacial score (nSPS) is 28.2. The lowest BCUT2D eigenvalue weighted by Crippen LogP contribution is -2.66. The maximum atomic E-state index is 9.90. The standard InChI is InChI=1S/C10H19N3O/c1-8(2)5-10(12,14)6-9(3,4)13(8)7-11/h14H,5-6,12H2,1-4H3. The molecule has 1 aliphatic heterocycles. The molecule has 1 rings (SSSR count). The summed E-state index contributed by atoms with van der Waals surface area (Å²) in [4.78, 5) is 1.72. The second-order valence-corrected chi connectivity index (χ2v) is 5.52. The molecule has 1 saturated heterocycles. The van der Waals surface area contributed by atoms with Gasteiger partial charge in [0.15, 0.2) is 6.19 Å². The van der Waals surface area contributed by atoms with Gasteiger partial charge in [0.05, 0.1) is 0 Å². The number of nitriles is 1. The fourth-order valence-corrected chi connectivity index (χ4v) is 2.81. The van der Waals surface area contributed by atoms with Crippen LogP contribution in [0, 0.1) is 11.5 Å². The van der Waals surface area contributed by atoms with Crippen LogP contribution in [-0.4, -0.2) is 26.8 Å². The molecule has 0 spiro atoms. The summed E-state index contributed by atoms with van der Waals surface area (Å²) in [6.45, 7) is 7.70. The molecular formula is C10H19N3O. The van der Waals surface area contributed by atoms with Gasteiger partial charge >= 0.3 is 0 Å². The number of nitrogens with zero attached hydrogens (tertiary/aromatic N) is 2. The summed E-state index contributed by atoms with van der Waals surface area (Å²) in [5.41, 5.74) is 3.82. The van der Waals surface area contributed by atoms with Crippen molar-refractivity contribution in [1.82, 2.24) is 4.90 Å². The molecule has 0 aliphatic carbocycles. The van der Waals surface area contributed by atoms with Crippen LogP contribution in [0.2, 0.25) is 0 Å². The van der Waals surface area contributed by atoms with Gasteiger partial charge in [-0.1, -0.05) is 0 Å². The van der Waals surface area contributed by atoms with E-state index in [1.54, 1.807) is 4.90 Å². The van der Waals surface area contributed by atoms with Crippen LogP contribution in [0.1, 0.15) is 40.5 Å². The van der Waals surface area contributed by atoms with E-state index in [0.717, 1.165) is 0 Å². The van der Waals surface area contributed by atoms with E-state index in [2.05, 4.69) is 6.19 Å². The molecule has 1 aliphatic rings. The molecule has 0 aromatic rings. The van der Waals surface area contributed by atoms with Gasteiger partial charge in [0.2, 0.25) is 0 Å². The summed E-state index contributed by atoms with van der Waals surface area (Å²) in [6.07, 6.45) is 3.02. The van der Waals surface area contributed by atoms with Gasteiger partial charge in [-0.05, 0) is 27.7 Å². The average molecular weight is 197 g/mol. The zero-order valence-corrected chi connectivity index (χ0v) is 9.33. The third kappa shape index (κ3) is 1.84. The highest BCUT2D eigenvalue weighted by Crippen LogP contribution is 2.40. The van der Waals surface area contributed by atoms with Crippen LogP contribution in [0.5, 0.6) is 0 Å². The first-order valence-electron chi connectivity index (χ1n) is 4.82. The Hall–Kier alpha value is -0.790. The summed E-state index contributed by atoms with van der Waals surface area (Å²) in [5, 5.41) is 19.0. The molecule has 0 bridgehead atoms. The van der Waals surface area contributed by atoms with Crippen LogP contribution in [0.15, 0.2) is 0 Å². The van der Waals surface area contributed by atoms with Gasteiger partial charge in [0.1, 0.15) is 5.72 Å². The predicted molar refractivity (Wildman–Crippen MR) is 54.0 cm³/mol. The van der Waals surface area contributed by atoms with Gasteiger partial charge in [-0.25, -0.2) is 0 Å². The summed E-state index contributed by atoms with van der Waals surface area (Å²) in [5.74, 6) is 0. The van der Waals surface area contributed by atoms with E-state index in [0.29, 0.717) is 12.8 Å². The van der Waals surface area contributed by atoms with Crippen molar-refractivity contribution in [2.45, 2.75) is 57.3 Å². The Kier molecular flexibility index (Phi) is 2.30. The van der Waals surface area contributed by atoms with Crippen molar-refractivity contribution in [2.24, 2.45) is 5.73 Å². The maximum absolute atomic E-state index is 9.90. The zero-order chi connectivity index (χ0) is 11.2. The maximum Gasteiger partial charge on any atom is 0.180 e. The highest BCUT2D eigenvalue weighted by atomic mass is 16.3. The van der Waals surface area contributed by atoms with Crippen molar-refractivity contribution in [3.63, 3.8) is 0 Å². The van der Waals surface area contributed by atoms with E-state index >= 15 is 0 Å². The first-order valence-corrected chi connectivity index (χ1v) is 4.82. The highest BCUT2D eigenvalue weighted by molar-refractivity contribution is 5.08. The van der Waals surface area contributed by atoms with E-state index in [-0.39, 0.29) is 11.1 Å². The summed E-state index contributed by atoms with van der Waals surface area (Å²) >= 11 is 0. The molecule has 0 aromatic heterocycles. The van der Waals surface area contributed by atoms with E-state index in [1.165, 1.54) is 0 Å². The second kappa shape index (κ2) is 2.85. The Morgan fingerprint density at radius 1 is 1.21 bits per heavy atom. The Labute approximate surface area is 85.3 Å². The van der Waals surface area contributed by atoms with E-state index in [1.807, 2.05) is 27.7 Å². The quantitative estimate of drug-likeness (QED) is 0.444. The van der Waals surface area contributed by atoms with Crippen molar-refractivity contribution in [1.29, 1.82) is 5.26 Å². The van der Waals surface area contributed by atoms with Gasteiger partial charge in [-0.15, -0.1) is 0 Å². The van der Waals surface area contributed by atoms with Crippen LogP contribution in [0.3, 0.4) is 0 Å². The van der Waals surface area contributed by atoms with Gasteiger partial charge in [0, 0.05) is 23.9 Å².